The van der Waals surface area contributed by atoms with Crippen molar-refractivity contribution in [3.63, 3.8) is 0 Å². The summed E-state index contributed by atoms with van der Waals surface area (Å²) in [5.74, 6) is -0.617. The number of nitrogens with one attached hydrogen (secondary N) is 1. The van der Waals surface area contributed by atoms with Crippen LogP contribution in [0.1, 0.15) is 39.1 Å². The van der Waals surface area contributed by atoms with Gasteiger partial charge in [-0.15, -0.1) is 0 Å². The average molecular weight is 385 g/mol. The number of hydrogen-bond acceptors (Lipinski definition) is 3. The molecule has 2 atom stereocenters. The molecule has 1 aliphatic heterocycles. The van der Waals surface area contributed by atoms with Crippen LogP contribution in [0.25, 0.3) is 0 Å². The first-order chi connectivity index (χ1) is 14.2. The number of carbonyl (C=O) groups excluding carboxylic acids is 2. The SMILES string of the molecule is CN1C(=O)c2ccccc2[C@@H](C(=O)NCCc2ccccn2)[C@@H]1c1ccccc1. The third-order valence-corrected chi connectivity index (χ3v) is 5.41. The third kappa shape index (κ3) is 3.76. The Bertz CT molecular complexity index is 1000. The molecule has 2 amide bonds. The molecule has 4 rings (SSSR count). The van der Waals surface area contributed by atoms with E-state index in [1.807, 2.05) is 66.7 Å². The Morgan fingerprint density at radius 2 is 1.72 bits per heavy atom. The number of carbonyl (C=O) groups is 2. The maximum atomic E-state index is 13.3. The van der Waals surface area contributed by atoms with Crippen LogP contribution in [-0.2, 0) is 11.2 Å². The number of fused-ring (bicyclic) bond motifs is 1. The van der Waals surface area contributed by atoms with Crippen molar-refractivity contribution in [2.24, 2.45) is 0 Å². The molecule has 0 spiro atoms. The zero-order valence-electron chi connectivity index (χ0n) is 16.3. The van der Waals surface area contributed by atoms with Crippen LogP contribution in [0.5, 0.6) is 0 Å². The molecule has 2 heterocycles. The van der Waals surface area contributed by atoms with Gasteiger partial charge in [0.1, 0.15) is 0 Å². The highest BCUT2D eigenvalue weighted by Crippen LogP contribution is 2.41. The van der Waals surface area contributed by atoms with Gasteiger partial charge in [-0.05, 0) is 29.3 Å². The van der Waals surface area contributed by atoms with Crippen molar-refractivity contribution < 1.29 is 9.59 Å². The fraction of sp³-hybridized carbons (Fsp3) is 0.208. The predicted molar refractivity (Wildman–Crippen MR) is 111 cm³/mol. The number of hydrogen-bond donors (Lipinski definition) is 1. The monoisotopic (exact) mass is 385 g/mol. The van der Waals surface area contributed by atoms with Crippen molar-refractivity contribution >= 4 is 11.8 Å². The van der Waals surface area contributed by atoms with E-state index in [1.165, 1.54) is 0 Å². The molecule has 1 aromatic heterocycles. The number of rotatable bonds is 5. The Labute approximate surface area is 170 Å². The normalized spacial score (nSPS) is 18.2. The van der Waals surface area contributed by atoms with E-state index in [1.54, 1.807) is 24.2 Å². The lowest BCUT2D eigenvalue weighted by atomic mass is 9.79. The molecule has 146 valence electrons. The highest BCUT2D eigenvalue weighted by Gasteiger charge is 2.42. The van der Waals surface area contributed by atoms with Crippen LogP contribution in [0.2, 0.25) is 0 Å². The van der Waals surface area contributed by atoms with E-state index in [0.29, 0.717) is 18.5 Å². The summed E-state index contributed by atoms with van der Waals surface area (Å²) in [4.78, 5) is 32.3. The van der Waals surface area contributed by atoms with E-state index in [-0.39, 0.29) is 17.9 Å². The van der Waals surface area contributed by atoms with Crippen molar-refractivity contribution in [3.05, 3.63) is 101 Å². The lowest BCUT2D eigenvalue weighted by molar-refractivity contribution is -0.124. The van der Waals surface area contributed by atoms with Gasteiger partial charge in [-0.3, -0.25) is 14.6 Å². The molecule has 0 unspecified atom stereocenters. The fourth-order valence-electron chi connectivity index (χ4n) is 3.99. The summed E-state index contributed by atoms with van der Waals surface area (Å²) in [6.45, 7) is 0.494. The molecular formula is C24H23N3O2. The number of pyridine rings is 1. The smallest absolute Gasteiger partial charge is 0.254 e. The Balaban J connectivity index is 1.64. The van der Waals surface area contributed by atoms with E-state index in [0.717, 1.165) is 16.8 Å². The van der Waals surface area contributed by atoms with Gasteiger partial charge in [0.15, 0.2) is 0 Å². The molecule has 0 radical (unpaired) electrons. The Morgan fingerprint density at radius 1 is 1.00 bits per heavy atom. The Hall–Kier alpha value is -3.47. The van der Waals surface area contributed by atoms with Gasteiger partial charge in [0.25, 0.3) is 5.91 Å². The summed E-state index contributed by atoms with van der Waals surface area (Å²) >= 11 is 0. The molecule has 1 aliphatic rings. The Kier molecular flexibility index (Phi) is 5.38. The highest BCUT2D eigenvalue weighted by molar-refractivity contribution is 6.01. The summed E-state index contributed by atoms with van der Waals surface area (Å²) in [7, 11) is 1.77. The minimum atomic E-state index is -0.472. The van der Waals surface area contributed by atoms with Gasteiger partial charge >= 0.3 is 0 Å². The summed E-state index contributed by atoms with van der Waals surface area (Å²) in [5, 5.41) is 3.06. The molecule has 0 fully saturated rings. The molecule has 29 heavy (non-hydrogen) atoms. The largest absolute Gasteiger partial charge is 0.355 e. The van der Waals surface area contributed by atoms with E-state index in [2.05, 4.69) is 10.3 Å². The van der Waals surface area contributed by atoms with Crippen molar-refractivity contribution in [2.45, 2.75) is 18.4 Å². The van der Waals surface area contributed by atoms with Gasteiger partial charge in [0.05, 0.1) is 12.0 Å². The molecule has 2 aromatic carbocycles. The van der Waals surface area contributed by atoms with Crippen molar-refractivity contribution in [3.8, 4) is 0 Å². The van der Waals surface area contributed by atoms with Gasteiger partial charge in [0.2, 0.25) is 5.91 Å². The summed E-state index contributed by atoms with van der Waals surface area (Å²) in [6.07, 6.45) is 2.41. The van der Waals surface area contributed by atoms with Crippen molar-refractivity contribution in [1.29, 1.82) is 0 Å². The second-order valence-electron chi connectivity index (χ2n) is 7.20. The number of nitrogens with zero attached hydrogens (tertiary/aromatic N) is 2. The number of likely N-dealkylation sites (N-methyl/N-ethyl adjacent to an activating group) is 1. The maximum Gasteiger partial charge on any atom is 0.254 e. The number of benzene rings is 2. The van der Waals surface area contributed by atoms with Crippen molar-refractivity contribution in [1.82, 2.24) is 15.2 Å². The zero-order chi connectivity index (χ0) is 20.2. The van der Waals surface area contributed by atoms with E-state index in [4.69, 9.17) is 0 Å². The van der Waals surface area contributed by atoms with Crippen LogP contribution in [0, 0.1) is 0 Å². The van der Waals surface area contributed by atoms with Gasteiger partial charge in [-0.2, -0.15) is 0 Å². The van der Waals surface area contributed by atoms with Crippen LogP contribution in [-0.4, -0.2) is 35.3 Å². The molecule has 3 aromatic rings. The van der Waals surface area contributed by atoms with Gasteiger partial charge in [-0.1, -0.05) is 54.6 Å². The minimum Gasteiger partial charge on any atom is -0.355 e. The molecule has 0 bridgehead atoms. The standard InChI is InChI=1S/C24H23N3O2/c1-27-22(17-9-3-2-4-10-17)21(19-12-5-6-13-20(19)24(27)29)23(28)26-16-14-18-11-7-8-15-25-18/h2-13,15,21-22H,14,16H2,1H3,(H,26,28)/t21-,22+/m1/s1. The summed E-state index contributed by atoms with van der Waals surface area (Å²) in [6, 6.07) is 22.5. The molecule has 0 saturated heterocycles. The van der Waals surface area contributed by atoms with Crippen molar-refractivity contribution in [2.75, 3.05) is 13.6 Å². The van der Waals surface area contributed by atoms with Gasteiger partial charge < -0.3 is 10.2 Å². The van der Waals surface area contributed by atoms with Gasteiger partial charge in [0, 0.05) is 37.5 Å². The second-order valence-corrected chi connectivity index (χ2v) is 7.20. The van der Waals surface area contributed by atoms with Crippen LogP contribution in [0.3, 0.4) is 0 Å². The lowest BCUT2D eigenvalue weighted by Crippen LogP contribution is -2.46. The Morgan fingerprint density at radius 3 is 2.48 bits per heavy atom. The quantitative estimate of drug-likeness (QED) is 0.733. The summed E-state index contributed by atoms with van der Waals surface area (Å²) < 4.78 is 0. The molecule has 0 saturated carbocycles. The van der Waals surface area contributed by atoms with E-state index < -0.39 is 5.92 Å². The first-order valence-corrected chi connectivity index (χ1v) is 9.75. The van der Waals surface area contributed by atoms with E-state index in [9.17, 15) is 9.59 Å². The second kappa shape index (κ2) is 8.27. The van der Waals surface area contributed by atoms with Crippen LogP contribution in [0.4, 0.5) is 0 Å². The van der Waals surface area contributed by atoms with Crippen LogP contribution in [0.15, 0.2) is 79.0 Å². The maximum absolute atomic E-state index is 13.3. The average Bonchev–Trinajstić information content (AvgIpc) is 2.77. The summed E-state index contributed by atoms with van der Waals surface area (Å²) in [5.41, 5.74) is 3.25. The molecule has 5 nitrogen and oxygen atoms in total. The third-order valence-electron chi connectivity index (χ3n) is 5.41. The zero-order valence-corrected chi connectivity index (χ0v) is 16.3. The first-order valence-electron chi connectivity index (χ1n) is 9.75. The van der Waals surface area contributed by atoms with Gasteiger partial charge in [-0.25, -0.2) is 0 Å². The number of amides is 2. The van der Waals surface area contributed by atoms with Crippen LogP contribution < -0.4 is 5.32 Å². The fourth-order valence-corrected chi connectivity index (χ4v) is 3.99. The predicted octanol–water partition coefficient (Wildman–Crippen LogP) is 3.35. The topological polar surface area (TPSA) is 62.3 Å². The number of aromatic nitrogens is 1. The molecule has 1 N–H and O–H groups in total. The lowest BCUT2D eigenvalue weighted by Gasteiger charge is -2.39. The minimum absolute atomic E-state index is 0.0630. The highest BCUT2D eigenvalue weighted by atomic mass is 16.2. The van der Waals surface area contributed by atoms with E-state index >= 15 is 0 Å². The van der Waals surface area contributed by atoms with Crippen LogP contribution >= 0.6 is 0 Å². The molecule has 5 heteroatoms. The molecule has 0 aliphatic carbocycles. The molecular weight excluding hydrogens is 362 g/mol. The first kappa shape index (κ1) is 18.9.